The second-order valence-electron chi connectivity index (χ2n) is 38.9. The molecular formula is C90H168O18S24Si6. The van der Waals surface area contributed by atoms with E-state index >= 15 is 0 Å². The minimum absolute atomic E-state index is 0.332. The lowest BCUT2D eigenvalue weighted by atomic mass is 9.99. The Kier molecular flexibility index (Phi) is 53.0. The summed E-state index contributed by atoms with van der Waals surface area (Å²) in [6.07, 6.45) is 37.8. The normalized spacial score (nSPS) is 35.3. The smallest absolute Gasteiger partial charge is 0.373 e. The maximum atomic E-state index is 7.35. The van der Waals surface area contributed by atoms with Gasteiger partial charge in [0.05, 0.1) is 0 Å². The van der Waals surface area contributed by atoms with Crippen molar-refractivity contribution in [2.75, 3.05) is 119 Å². The van der Waals surface area contributed by atoms with Gasteiger partial charge in [0, 0.05) is 119 Å². The number of hydrogen-bond acceptors (Lipinski definition) is 42. The van der Waals surface area contributed by atoms with Crippen molar-refractivity contribution in [1.29, 1.82) is 0 Å². The molecule has 48 heteroatoms. The van der Waals surface area contributed by atoms with Crippen molar-refractivity contribution in [3.63, 3.8) is 0 Å². The first-order valence-corrected chi connectivity index (χ1v) is 92.1. The second kappa shape index (κ2) is 59.0. The van der Waals surface area contributed by atoms with Gasteiger partial charge in [-0.1, -0.05) is 213 Å². The van der Waals surface area contributed by atoms with Crippen LogP contribution >= 0.6 is 247 Å². The van der Waals surface area contributed by atoms with E-state index in [1.807, 2.05) is 59.0 Å². The molecule has 804 valence electrons. The fourth-order valence-corrected chi connectivity index (χ4v) is 123. The van der Waals surface area contributed by atoms with Gasteiger partial charge in [0.2, 0.25) is 0 Å². The average Bonchev–Trinajstić information content (AvgIpc) is 1.45. The van der Waals surface area contributed by atoms with Crippen LogP contribution in [0.2, 0.25) is 0 Å². The molecule has 13 aliphatic carbocycles. The maximum Gasteiger partial charge on any atom is 0.519 e. The van der Waals surface area contributed by atoms with Gasteiger partial charge in [0.15, 0.2) is 0 Å². The van der Waals surface area contributed by atoms with Crippen molar-refractivity contribution < 1.29 is 79.7 Å². The molecule has 0 aromatic carbocycles. The molecule has 0 amide bonds. The van der Waals surface area contributed by atoms with Gasteiger partial charge in [-0.25, -0.2) is 0 Å². The van der Waals surface area contributed by atoms with Crippen molar-refractivity contribution in [3.05, 3.63) is 0 Å². The van der Waals surface area contributed by atoms with Crippen LogP contribution in [0.5, 0.6) is 0 Å². The summed E-state index contributed by atoms with van der Waals surface area (Å²) in [7, 11) is 30.3. The molecule has 13 rings (SSSR count). The van der Waals surface area contributed by atoms with E-state index in [0.717, 1.165) is 89.9 Å². The zero-order valence-corrected chi connectivity index (χ0v) is 111. The minimum atomic E-state index is -3.42. The molecule has 0 spiro atoms. The van der Waals surface area contributed by atoms with Crippen LogP contribution < -0.4 is 0 Å². The summed E-state index contributed by atoms with van der Waals surface area (Å²) >= 11 is 0. The zero-order chi connectivity index (χ0) is 98.2. The minimum Gasteiger partial charge on any atom is -0.373 e. The number of fused-ring (bicyclic) bond motifs is 12. The Morgan fingerprint density at radius 2 is 0.312 bits per heavy atom. The van der Waals surface area contributed by atoms with Crippen LogP contribution in [0.25, 0.3) is 0 Å². The van der Waals surface area contributed by atoms with Crippen molar-refractivity contribution in [3.8, 4) is 0 Å². The molecular weight excluding hydrogens is 2310 g/mol. The van der Waals surface area contributed by atoms with Crippen LogP contribution in [0.1, 0.15) is 337 Å². The van der Waals surface area contributed by atoms with Crippen LogP contribution in [0.15, 0.2) is 0 Å². The first kappa shape index (κ1) is 124. The summed E-state index contributed by atoms with van der Waals surface area (Å²) in [5.41, 5.74) is 0. The predicted octanol–water partition coefficient (Wildman–Crippen LogP) is 34.5. The van der Waals surface area contributed by atoms with Crippen LogP contribution in [-0.4, -0.2) is 210 Å². The van der Waals surface area contributed by atoms with Crippen LogP contribution in [0.4, 0.5) is 0 Å². The second-order valence-corrected chi connectivity index (χ2v) is 96.6. The quantitative estimate of drug-likeness (QED) is 0.0244. The van der Waals surface area contributed by atoms with Gasteiger partial charge >= 0.3 is 52.8 Å². The summed E-state index contributed by atoms with van der Waals surface area (Å²) in [5, 5.41) is 0. The Labute approximate surface area is 933 Å². The molecule has 18 nitrogen and oxygen atoms in total. The molecule has 18 unspecified atom stereocenters. The molecule has 0 radical (unpaired) electrons. The zero-order valence-electron chi connectivity index (χ0n) is 85.6. The fraction of sp³-hybridized carbons (Fsp3) is 1.00. The SMILES string of the molecule is CCO[Si](OCC)(OCC)C1(SSSSC2(SSSSC3([Si](OCC)(OCC)OCC)CC4CCC3C4)CCCCCCCCCC(SSSSC3([Si](OCC)(OCC)OCC)CC4CCC3C4)(SSSSC3([Si](OCC)(OCC)OCC)CC4CCC3C4)C2(SSSSC2([Si](OCC)(OCC)OCC)CC3CCC2C3)SSSSC2([Si](OCC)(OCC)OCC)CC3CCC2C3)CC2CCC1C2. The molecule has 0 aliphatic heterocycles. The third kappa shape index (κ3) is 25.9. The van der Waals surface area contributed by atoms with Crippen LogP contribution in [0.3, 0.4) is 0 Å². The lowest BCUT2D eigenvalue weighted by Crippen LogP contribution is -2.65. The highest BCUT2D eigenvalue weighted by atomic mass is 33.7. The van der Waals surface area contributed by atoms with Crippen LogP contribution in [0, 0.1) is 71.0 Å². The number of hydrogen-bond donors (Lipinski definition) is 0. The average molecular weight is 2480 g/mol. The lowest BCUT2D eigenvalue weighted by Gasteiger charge is -2.56. The molecule has 13 saturated carbocycles. The van der Waals surface area contributed by atoms with Crippen molar-refractivity contribution in [2.45, 2.75) is 375 Å². The molecule has 138 heavy (non-hydrogen) atoms. The molecule has 0 aromatic rings. The summed E-state index contributed by atoms with van der Waals surface area (Å²) in [6, 6.07) is 0. The Hall–Kier alpha value is 8.98. The highest BCUT2D eigenvalue weighted by molar-refractivity contribution is 9.32. The van der Waals surface area contributed by atoms with E-state index in [1.165, 1.54) is 122 Å². The van der Waals surface area contributed by atoms with Gasteiger partial charge in [0.25, 0.3) is 0 Å². The molecule has 0 aromatic heterocycles. The highest BCUT2D eigenvalue weighted by Crippen LogP contribution is 2.86. The monoisotopic (exact) mass is 2470 g/mol. The van der Waals surface area contributed by atoms with Crippen molar-refractivity contribution in [2.24, 2.45) is 71.0 Å². The summed E-state index contributed by atoms with van der Waals surface area (Å²) in [4.78, 5) is 0. The Balaban J connectivity index is 1.06. The standard InChI is InChI=1S/C90H168O18S24Si6/c1-19-91-133(92-20-2,93-21-3)82(64-70-44-50-76(82)58-70)109-121-127-115-88(116-128-122-110-83(65-71-45-51-77(83)59-71)134(94-22-4,95-23-5)96-24-6)56-42-40-38-37-39-41-43-57-89(117-129-123-111-84(66-72-46-52-78(84)60-72)135(97-25-7,98-26-8)99-27-9,118-130-124-112-85(67-73-47-53-79(85)61-73)136(100-28-10,101-29-11)102-30-12)90(88,119-131-125-113-86(68-74-48-54-80(86)62-74)137(103-31-13,104-32-14)105-33-15)120-132-126-114-87(69-75-49-55-81(87)63-75)138(106-34-16,107-35-17)108-36-18/h70-81H,19-69H2,1-18H3. The molecule has 12 bridgehead atoms. The summed E-state index contributed by atoms with van der Waals surface area (Å²) in [5.74, 6) is 6.09. The van der Waals surface area contributed by atoms with Crippen LogP contribution in [-0.2, 0) is 79.7 Å². The summed E-state index contributed by atoms with van der Waals surface area (Å²) < 4.78 is 128. The van der Waals surface area contributed by atoms with Gasteiger partial charge in [-0.05, 0) is 442 Å². The Bertz CT molecular complexity index is 3130. The van der Waals surface area contributed by atoms with Gasteiger partial charge in [0.1, 0.15) is 38.5 Å². The Morgan fingerprint density at radius 3 is 0.442 bits per heavy atom. The fourth-order valence-electron chi connectivity index (χ4n) is 27.0. The van der Waals surface area contributed by atoms with Gasteiger partial charge in [-0.3, -0.25) is 0 Å². The van der Waals surface area contributed by atoms with E-state index in [0.29, 0.717) is 190 Å². The van der Waals surface area contributed by atoms with E-state index in [1.54, 1.807) is 0 Å². The molecule has 18 atom stereocenters. The summed E-state index contributed by atoms with van der Waals surface area (Å²) in [6.45, 7) is 48.9. The first-order valence-electron chi connectivity index (χ1n) is 52.9. The largest absolute Gasteiger partial charge is 0.519 e. The third-order valence-electron chi connectivity index (χ3n) is 31.6. The highest BCUT2D eigenvalue weighted by Gasteiger charge is 2.78. The molecule has 0 heterocycles. The van der Waals surface area contributed by atoms with Gasteiger partial charge in [-0.15, -0.1) is 0 Å². The molecule has 0 saturated heterocycles. The van der Waals surface area contributed by atoms with Crippen molar-refractivity contribution in [1.82, 2.24) is 0 Å². The van der Waals surface area contributed by atoms with E-state index in [9.17, 15) is 0 Å². The Morgan fingerprint density at radius 1 is 0.174 bits per heavy atom. The predicted molar refractivity (Wildman–Crippen MR) is 645 cm³/mol. The van der Waals surface area contributed by atoms with Gasteiger partial charge in [-0.2, -0.15) is 0 Å². The number of rotatable bonds is 72. The van der Waals surface area contributed by atoms with E-state index in [4.69, 9.17) is 79.7 Å². The maximum absolute atomic E-state index is 7.35. The van der Waals surface area contributed by atoms with Gasteiger partial charge < -0.3 is 79.7 Å². The van der Waals surface area contributed by atoms with Crippen molar-refractivity contribution >= 4 is 300 Å². The van der Waals surface area contributed by atoms with E-state index < -0.39 is 65.1 Å². The van der Waals surface area contributed by atoms with E-state index in [2.05, 4.69) is 313 Å². The first-order chi connectivity index (χ1) is 67.1. The molecule has 13 aliphatic rings. The third-order valence-corrected chi connectivity index (χ3v) is 111. The molecule has 0 N–H and O–H groups in total. The van der Waals surface area contributed by atoms with E-state index in [-0.39, 0.29) is 26.2 Å². The lowest BCUT2D eigenvalue weighted by molar-refractivity contribution is 0.0494. The molecule has 13 fully saturated rings. The topological polar surface area (TPSA) is 166 Å².